The van der Waals surface area contributed by atoms with Gasteiger partial charge < -0.3 is 9.64 Å². The zero-order valence-electron chi connectivity index (χ0n) is 18.1. The highest BCUT2D eigenvalue weighted by Crippen LogP contribution is 2.32. The molecule has 2 aromatic heterocycles. The maximum atomic E-state index is 13.1. The second kappa shape index (κ2) is 8.82. The first-order valence-electron chi connectivity index (χ1n) is 10.6. The highest BCUT2D eigenvalue weighted by Gasteiger charge is 2.33. The Labute approximate surface area is 198 Å². The topological polar surface area (TPSA) is 92.9 Å². The van der Waals surface area contributed by atoms with Gasteiger partial charge in [-0.25, -0.2) is 13.4 Å². The molecule has 0 radical (unpaired) electrons. The zero-order valence-corrected chi connectivity index (χ0v) is 18.9. The maximum Gasteiger partial charge on any atom is 0.573 e. The minimum absolute atomic E-state index is 0.124. The molecule has 0 N–H and O–H groups in total. The molecule has 0 saturated carbocycles. The van der Waals surface area contributed by atoms with Gasteiger partial charge in [0.05, 0.1) is 4.90 Å². The predicted octanol–water partition coefficient (Wildman–Crippen LogP) is 3.20. The molecule has 0 aliphatic carbocycles. The number of aromatic nitrogens is 4. The highest BCUT2D eigenvalue weighted by molar-refractivity contribution is 7.89. The number of piperazine rings is 1. The Balaban J connectivity index is 1.41. The summed E-state index contributed by atoms with van der Waals surface area (Å²) in [6.07, 6.45) is -1.80. The molecule has 9 nitrogen and oxygen atoms in total. The molecular weight excluding hydrogens is 485 g/mol. The lowest BCUT2D eigenvalue weighted by Crippen LogP contribution is -2.49. The first kappa shape index (κ1) is 23.1. The van der Waals surface area contributed by atoms with Crippen molar-refractivity contribution in [1.82, 2.24) is 23.9 Å². The SMILES string of the molecule is O=S(=O)(c1cccc(OC(F)(F)F)c1)N1CCN(c2c(-c3ccccc3)cnc3ncnn23)CC1. The van der Waals surface area contributed by atoms with Crippen LogP contribution in [0.1, 0.15) is 0 Å². The Hall–Kier alpha value is -3.71. The van der Waals surface area contributed by atoms with Crippen molar-refractivity contribution < 1.29 is 26.3 Å². The molecule has 0 atom stereocenters. The van der Waals surface area contributed by atoms with Gasteiger partial charge in [-0.1, -0.05) is 36.4 Å². The van der Waals surface area contributed by atoms with Crippen molar-refractivity contribution in [1.29, 1.82) is 0 Å². The summed E-state index contributed by atoms with van der Waals surface area (Å²) in [7, 11) is -4.03. The fraction of sp³-hybridized carbons (Fsp3) is 0.227. The summed E-state index contributed by atoms with van der Waals surface area (Å²) in [5.41, 5.74) is 1.74. The maximum absolute atomic E-state index is 13.1. The van der Waals surface area contributed by atoms with Gasteiger partial charge in [0, 0.05) is 44.0 Å². The minimum Gasteiger partial charge on any atom is -0.406 e. The first-order valence-corrected chi connectivity index (χ1v) is 12.0. The molecule has 5 rings (SSSR count). The molecular formula is C22H19F3N6O3S. The molecule has 1 aliphatic heterocycles. The molecule has 182 valence electrons. The number of fused-ring (bicyclic) bond motifs is 1. The van der Waals surface area contributed by atoms with E-state index in [1.165, 1.54) is 22.8 Å². The van der Waals surface area contributed by atoms with Gasteiger partial charge in [0.1, 0.15) is 17.9 Å². The van der Waals surface area contributed by atoms with Crippen LogP contribution in [0, 0.1) is 0 Å². The third-order valence-corrected chi connectivity index (χ3v) is 7.47. The van der Waals surface area contributed by atoms with Gasteiger partial charge in [0.2, 0.25) is 10.0 Å². The Bertz CT molecular complexity index is 1450. The van der Waals surface area contributed by atoms with E-state index < -0.39 is 22.1 Å². The fourth-order valence-electron chi connectivity index (χ4n) is 4.01. The molecule has 3 heterocycles. The van der Waals surface area contributed by atoms with Crippen molar-refractivity contribution in [2.24, 2.45) is 0 Å². The van der Waals surface area contributed by atoms with Crippen LogP contribution < -0.4 is 9.64 Å². The minimum atomic E-state index is -4.91. The van der Waals surface area contributed by atoms with E-state index in [1.807, 2.05) is 35.2 Å². The normalized spacial score (nSPS) is 15.5. The summed E-state index contributed by atoms with van der Waals surface area (Å²) < 4.78 is 70.7. The van der Waals surface area contributed by atoms with E-state index in [4.69, 9.17) is 0 Å². The number of hydrogen-bond acceptors (Lipinski definition) is 7. The largest absolute Gasteiger partial charge is 0.573 e. The van der Waals surface area contributed by atoms with E-state index >= 15 is 0 Å². The highest BCUT2D eigenvalue weighted by atomic mass is 32.2. The van der Waals surface area contributed by atoms with Crippen LogP contribution in [0.2, 0.25) is 0 Å². The third-order valence-electron chi connectivity index (χ3n) is 5.58. The van der Waals surface area contributed by atoms with Crippen molar-refractivity contribution in [3.63, 3.8) is 0 Å². The summed E-state index contributed by atoms with van der Waals surface area (Å²) in [5, 5.41) is 4.30. The third kappa shape index (κ3) is 4.64. The standard InChI is InChI=1S/C22H19F3N6O3S/c23-22(24,25)34-17-7-4-8-18(13-17)35(32,33)30-11-9-29(10-12-30)20-19(16-5-2-1-3-6-16)14-26-21-27-15-28-31(20)21/h1-8,13-15H,9-12H2. The monoisotopic (exact) mass is 504 g/mol. The van der Waals surface area contributed by atoms with Crippen LogP contribution in [0.5, 0.6) is 5.75 Å². The van der Waals surface area contributed by atoms with Crippen LogP contribution in [0.15, 0.2) is 72.0 Å². The summed E-state index contributed by atoms with van der Waals surface area (Å²) in [4.78, 5) is 10.3. The van der Waals surface area contributed by atoms with Crippen LogP contribution in [0.25, 0.3) is 16.9 Å². The van der Waals surface area contributed by atoms with E-state index in [-0.39, 0.29) is 18.0 Å². The van der Waals surface area contributed by atoms with E-state index in [2.05, 4.69) is 19.8 Å². The fourth-order valence-corrected chi connectivity index (χ4v) is 5.47. The van der Waals surface area contributed by atoms with Crippen LogP contribution in [-0.4, -0.2) is 64.8 Å². The van der Waals surface area contributed by atoms with Crippen molar-refractivity contribution in [2.45, 2.75) is 11.3 Å². The van der Waals surface area contributed by atoms with Crippen LogP contribution >= 0.6 is 0 Å². The number of nitrogens with zero attached hydrogens (tertiary/aromatic N) is 6. The number of hydrogen-bond donors (Lipinski definition) is 0. The first-order chi connectivity index (χ1) is 16.7. The smallest absolute Gasteiger partial charge is 0.406 e. The molecule has 0 unspecified atom stereocenters. The van der Waals surface area contributed by atoms with Gasteiger partial charge in [0.25, 0.3) is 5.78 Å². The number of sulfonamides is 1. The lowest BCUT2D eigenvalue weighted by molar-refractivity contribution is -0.274. The van der Waals surface area contributed by atoms with Gasteiger partial charge in [-0.3, -0.25) is 0 Å². The second-order valence-corrected chi connectivity index (χ2v) is 9.69. The van der Waals surface area contributed by atoms with E-state index in [1.54, 1.807) is 10.7 Å². The molecule has 0 bridgehead atoms. The Morgan fingerprint density at radius 1 is 0.914 bits per heavy atom. The molecule has 1 fully saturated rings. The Morgan fingerprint density at radius 2 is 1.66 bits per heavy atom. The lowest BCUT2D eigenvalue weighted by Gasteiger charge is -2.36. The van der Waals surface area contributed by atoms with Gasteiger partial charge in [0.15, 0.2) is 0 Å². The van der Waals surface area contributed by atoms with Gasteiger partial charge in [-0.15, -0.1) is 13.2 Å². The summed E-state index contributed by atoms with van der Waals surface area (Å²) in [6, 6.07) is 14.0. The molecule has 1 aliphatic rings. The zero-order chi connectivity index (χ0) is 24.6. The Kier molecular flexibility index (Phi) is 5.81. The Morgan fingerprint density at radius 3 is 2.37 bits per heavy atom. The van der Waals surface area contributed by atoms with Crippen LogP contribution in [-0.2, 0) is 10.0 Å². The molecule has 35 heavy (non-hydrogen) atoms. The molecule has 2 aromatic carbocycles. The van der Waals surface area contributed by atoms with Gasteiger partial charge >= 0.3 is 6.36 Å². The molecule has 0 amide bonds. The van der Waals surface area contributed by atoms with Crippen molar-refractivity contribution in [2.75, 3.05) is 31.1 Å². The second-order valence-electron chi connectivity index (χ2n) is 7.75. The van der Waals surface area contributed by atoms with E-state index in [0.717, 1.165) is 29.1 Å². The number of alkyl halides is 3. The summed E-state index contributed by atoms with van der Waals surface area (Å²) in [6.45, 7) is 0.909. The number of benzene rings is 2. The molecule has 1 saturated heterocycles. The number of ether oxygens (including phenoxy) is 1. The molecule has 0 spiro atoms. The van der Waals surface area contributed by atoms with E-state index in [9.17, 15) is 21.6 Å². The number of rotatable bonds is 5. The van der Waals surface area contributed by atoms with E-state index in [0.29, 0.717) is 18.9 Å². The van der Waals surface area contributed by atoms with Crippen LogP contribution in [0.4, 0.5) is 19.0 Å². The van der Waals surface area contributed by atoms with Crippen molar-refractivity contribution in [3.05, 3.63) is 67.1 Å². The van der Waals surface area contributed by atoms with Gasteiger partial charge in [-0.05, 0) is 17.7 Å². The predicted molar refractivity (Wildman–Crippen MR) is 120 cm³/mol. The molecule has 13 heteroatoms. The average Bonchev–Trinajstić information content (AvgIpc) is 3.32. The number of halogens is 3. The van der Waals surface area contributed by atoms with Crippen molar-refractivity contribution in [3.8, 4) is 16.9 Å². The van der Waals surface area contributed by atoms with Gasteiger partial charge in [-0.2, -0.15) is 18.9 Å². The average molecular weight is 504 g/mol. The summed E-state index contributed by atoms with van der Waals surface area (Å²) >= 11 is 0. The van der Waals surface area contributed by atoms with Crippen LogP contribution in [0.3, 0.4) is 0 Å². The van der Waals surface area contributed by atoms with Crippen molar-refractivity contribution >= 4 is 21.6 Å². The number of anilines is 1. The lowest BCUT2D eigenvalue weighted by atomic mass is 10.1. The molecule has 4 aromatic rings. The summed E-state index contributed by atoms with van der Waals surface area (Å²) in [5.74, 6) is 0.558. The quantitative estimate of drug-likeness (QED) is 0.412.